The summed E-state index contributed by atoms with van der Waals surface area (Å²) in [4.78, 5) is 10.2. The van der Waals surface area contributed by atoms with Crippen molar-refractivity contribution in [2.45, 2.75) is 13.8 Å². The van der Waals surface area contributed by atoms with Gasteiger partial charge in [-0.05, 0) is 37.1 Å². The minimum absolute atomic E-state index is 0.0112. The highest BCUT2D eigenvalue weighted by Gasteiger charge is 2.19. The minimum atomic E-state index is -0.818. The molecule has 0 saturated heterocycles. The van der Waals surface area contributed by atoms with Gasteiger partial charge in [0.2, 0.25) is 0 Å². The summed E-state index contributed by atoms with van der Waals surface area (Å²) in [5.41, 5.74) is 1.75. The van der Waals surface area contributed by atoms with Gasteiger partial charge in [-0.25, -0.2) is 4.39 Å². The van der Waals surface area contributed by atoms with E-state index in [0.717, 1.165) is 12.2 Å². The first kappa shape index (κ1) is 19.8. The van der Waals surface area contributed by atoms with Crippen molar-refractivity contribution < 1.29 is 9.31 Å². The number of benzene rings is 1. The molecule has 1 heterocycles. The zero-order valence-corrected chi connectivity index (χ0v) is 15.5. The predicted octanol–water partition coefficient (Wildman–Crippen LogP) is 5.81. The number of halogens is 3. The fourth-order valence-electron chi connectivity index (χ4n) is 2.36. The van der Waals surface area contributed by atoms with E-state index in [1.807, 2.05) is 0 Å². The average molecular weight is 394 g/mol. The second-order valence-electron chi connectivity index (χ2n) is 5.34. The lowest BCUT2D eigenvalue weighted by Crippen LogP contribution is -2.01. The third-order valence-electron chi connectivity index (χ3n) is 3.67. The van der Waals surface area contributed by atoms with Crippen LogP contribution in [0.1, 0.15) is 18.2 Å². The highest BCUT2D eigenvalue weighted by Crippen LogP contribution is 2.37. The first-order chi connectivity index (χ1) is 12.3. The quantitative estimate of drug-likeness (QED) is 0.365. The zero-order chi connectivity index (χ0) is 19.4. The summed E-state index contributed by atoms with van der Waals surface area (Å²) >= 11 is 12.1. The van der Waals surface area contributed by atoms with Gasteiger partial charge < -0.3 is 0 Å². The summed E-state index contributed by atoms with van der Waals surface area (Å²) in [6.45, 7) is 6.49. The average Bonchev–Trinajstić information content (AvgIpc) is 2.61. The number of hydrogen-bond acceptors (Lipinski definition) is 4. The summed E-state index contributed by atoms with van der Waals surface area (Å²) in [6.07, 6.45) is 1.75. The second kappa shape index (κ2) is 8.21. The summed E-state index contributed by atoms with van der Waals surface area (Å²) in [7, 11) is 0. The Bertz CT molecular complexity index is 938. The van der Waals surface area contributed by atoms with Crippen LogP contribution in [0.2, 0.25) is 10.2 Å². The SMILES string of the molecule is C=C/C(=C\C(F)=C(/C)c1c(Cl)nnc(C)c1-c1ccc(Cl)cc1)[N+](=O)[O-]. The van der Waals surface area contributed by atoms with Crippen LogP contribution >= 0.6 is 23.2 Å². The molecular weight excluding hydrogens is 380 g/mol. The van der Waals surface area contributed by atoms with E-state index in [1.54, 1.807) is 31.2 Å². The van der Waals surface area contributed by atoms with Crippen LogP contribution in [0.4, 0.5) is 4.39 Å². The number of aromatic nitrogens is 2. The maximum Gasteiger partial charge on any atom is 0.271 e. The summed E-state index contributed by atoms with van der Waals surface area (Å²) in [5, 5.41) is 19.2. The number of allylic oxidation sites excluding steroid dienone is 4. The molecule has 0 N–H and O–H groups in total. The molecule has 0 aliphatic carbocycles. The lowest BCUT2D eigenvalue weighted by atomic mass is 9.95. The first-order valence-corrected chi connectivity index (χ1v) is 8.15. The standard InChI is InChI=1S/C18H14Cl2FN3O2/c1-4-14(24(25)26)9-15(21)10(2)16-17(11(3)22-23-18(16)20)12-5-7-13(19)8-6-12/h4-9H,1H2,2-3H3/b14-9+,15-10-. The number of hydrogen-bond donors (Lipinski definition) is 0. The van der Waals surface area contributed by atoms with Crippen LogP contribution in [0.15, 0.2) is 54.5 Å². The van der Waals surface area contributed by atoms with Crippen LogP contribution in [0.3, 0.4) is 0 Å². The van der Waals surface area contributed by atoms with Gasteiger partial charge in [0.1, 0.15) is 5.83 Å². The highest BCUT2D eigenvalue weighted by atomic mass is 35.5. The van der Waals surface area contributed by atoms with Crippen LogP contribution in [0.25, 0.3) is 16.7 Å². The zero-order valence-electron chi connectivity index (χ0n) is 14.0. The summed E-state index contributed by atoms with van der Waals surface area (Å²) < 4.78 is 14.7. The molecule has 1 aromatic heterocycles. The van der Waals surface area contributed by atoms with Crippen molar-refractivity contribution in [3.63, 3.8) is 0 Å². The van der Waals surface area contributed by atoms with Crippen LogP contribution in [-0.2, 0) is 0 Å². The highest BCUT2D eigenvalue weighted by molar-refractivity contribution is 6.32. The Morgan fingerprint density at radius 1 is 1.27 bits per heavy atom. The van der Waals surface area contributed by atoms with E-state index in [0.29, 0.717) is 27.4 Å². The maximum absolute atomic E-state index is 14.7. The summed E-state index contributed by atoms with van der Waals surface area (Å²) in [6, 6.07) is 6.87. The predicted molar refractivity (Wildman–Crippen MR) is 101 cm³/mol. The number of nitro groups is 1. The van der Waals surface area contributed by atoms with Crippen LogP contribution < -0.4 is 0 Å². The van der Waals surface area contributed by atoms with Crippen molar-refractivity contribution in [3.8, 4) is 11.1 Å². The molecule has 0 atom stereocenters. The molecule has 1 aromatic carbocycles. The van der Waals surface area contributed by atoms with E-state index in [1.165, 1.54) is 6.92 Å². The molecule has 0 spiro atoms. The van der Waals surface area contributed by atoms with Gasteiger partial charge in [0.05, 0.1) is 16.7 Å². The number of aryl methyl sites for hydroxylation is 1. The van der Waals surface area contributed by atoms with Crippen molar-refractivity contribution >= 4 is 28.8 Å². The van der Waals surface area contributed by atoms with Gasteiger partial charge in [0, 0.05) is 22.2 Å². The number of nitrogens with zero attached hydrogens (tertiary/aromatic N) is 3. The smallest absolute Gasteiger partial charge is 0.258 e. The maximum atomic E-state index is 14.7. The second-order valence-corrected chi connectivity index (χ2v) is 6.13. The molecule has 0 bridgehead atoms. The van der Waals surface area contributed by atoms with E-state index >= 15 is 0 Å². The van der Waals surface area contributed by atoms with Crippen molar-refractivity contribution in [3.05, 3.63) is 86.1 Å². The Morgan fingerprint density at radius 2 is 1.88 bits per heavy atom. The van der Waals surface area contributed by atoms with Crippen LogP contribution in [0, 0.1) is 17.0 Å². The normalized spacial score (nSPS) is 12.6. The van der Waals surface area contributed by atoms with Gasteiger partial charge in [-0.15, -0.1) is 5.10 Å². The molecule has 0 radical (unpaired) electrons. The Balaban J connectivity index is 2.75. The van der Waals surface area contributed by atoms with Crippen molar-refractivity contribution in [2.24, 2.45) is 0 Å². The van der Waals surface area contributed by atoms with Gasteiger partial charge in [-0.2, -0.15) is 5.10 Å². The molecule has 0 fully saturated rings. The van der Waals surface area contributed by atoms with E-state index in [2.05, 4.69) is 16.8 Å². The van der Waals surface area contributed by atoms with Crippen molar-refractivity contribution in [2.75, 3.05) is 0 Å². The Kier molecular flexibility index (Phi) is 6.23. The third-order valence-corrected chi connectivity index (χ3v) is 4.18. The summed E-state index contributed by atoms with van der Waals surface area (Å²) in [5.74, 6) is -0.818. The lowest BCUT2D eigenvalue weighted by Gasteiger charge is -2.14. The molecule has 2 rings (SSSR count). The molecule has 2 aromatic rings. The van der Waals surface area contributed by atoms with Gasteiger partial charge in [-0.3, -0.25) is 10.1 Å². The van der Waals surface area contributed by atoms with E-state index in [4.69, 9.17) is 23.2 Å². The fraction of sp³-hybridized carbons (Fsp3) is 0.111. The van der Waals surface area contributed by atoms with E-state index in [9.17, 15) is 14.5 Å². The molecule has 134 valence electrons. The largest absolute Gasteiger partial charge is 0.271 e. The van der Waals surface area contributed by atoms with E-state index in [-0.39, 0.29) is 10.7 Å². The molecule has 0 amide bonds. The lowest BCUT2D eigenvalue weighted by molar-refractivity contribution is -0.419. The molecular formula is C18H14Cl2FN3O2. The fourth-order valence-corrected chi connectivity index (χ4v) is 2.76. The Morgan fingerprint density at radius 3 is 2.42 bits per heavy atom. The van der Waals surface area contributed by atoms with E-state index < -0.39 is 16.4 Å². The number of rotatable bonds is 5. The molecule has 8 heteroatoms. The Labute approximate surface area is 159 Å². The van der Waals surface area contributed by atoms with Crippen LogP contribution in [-0.4, -0.2) is 15.1 Å². The van der Waals surface area contributed by atoms with Gasteiger partial charge in [0.25, 0.3) is 5.70 Å². The molecule has 0 unspecified atom stereocenters. The first-order valence-electron chi connectivity index (χ1n) is 7.40. The molecule has 0 aliphatic heterocycles. The third kappa shape index (κ3) is 4.15. The van der Waals surface area contributed by atoms with Crippen molar-refractivity contribution in [1.82, 2.24) is 10.2 Å². The van der Waals surface area contributed by atoms with Gasteiger partial charge in [0.15, 0.2) is 5.15 Å². The Hall–Kier alpha value is -2.57. The van der Waals surface area contributed by atoms with Crippen LogP contribution in [0.5, 0.6) is 0 Å². The molecule has 26 heavy (non-hydrogen) atoms. The van der Waals surface area contributed by atoms with Gasteiger partial charge >= 0.3 is 0 Å². The molecule has 0 aliphatic rings. The monoisotopic (exact) mass is 393 g/mol. The molecule has 0 saturated carbocycles. The minimum Gasteiger partial charge on any atom is -0.258 e. The molecule has 5 nitrogen and oxygen atoms in total. The van der Waals surface area contributed by atoms with Crippen molar-refractivity contribution in [1.29, 1.82) is 0 Å². The topological polar surface area (TPSA) is 68.9 Å². The van der Waals surface area contributed by atoms with Gasteiger partial charge in [-0.1, -0.05) is 41.9 Å².